The summed E-state index contributed by atoms with van der Waals surface area (Å²) in [5.74, 6) is -2.66. The monoisotopic (exact) mass is 415 g/mol. The van der Waals surface area contributed by atoms with Crippen LogP contribution < -0.4 is 0 Å². The average molecular weight is 415 g/mol. The number of hydrogen-bond acceptors (Lipinski definition) is 4. The van der Waals surface area contributed by atoms with Gasteiger partial charge in [0.05, 0.1) is 22.6 Å². The van der Waals surface area contributed by atoms with Gasteiger partial charge in [-0.3, -0.25) is 9.59 Å². The summed E-state index contributed by atoms with van der Waals surface area (Å²) in [6, 6.07) is 11.0. The molecule has 3 fully saturated rings. The molecule has 0 radical (unpaired) electrons. The lowest BCUT2D eigenvalue weighted by Crippen LogP contribution is -2.51. The van der Waals surface area contributed by atoms with Gasteiger partial charge in [-0.15, -0.1) is 0 Å². The number of nitrogens with zero attached hydrogens (tertiary/aromatic N) is 1. The summed E-state index contributed by atoms with van der Waals surface area (Å²) < 4.78 is 38.6. The van der Waals surface area contributed by atoms with Gasteiger partial charge in [0.25, 0.3) is 11.8 Å². The van der Waals surface area contributed by atoms with E-state index in [0.29, 0.717) is 23.5 Å². The Labute approximate surface area is 169 Å². The summed E-state index contributed by atoms with van der Waals surface area (Å²) in [7, 11) is 0. The van der Waals surface area contributed by atoms with Crippen LogP contribution in [-0.4, -0.2) is 22.8 Å². The van der Waals surface area contributed by atoms with Crippen molar-refractivity contribution in [3.63, 3.8) is 0 Å². The molecule has 0 spiro atoms. The molecule has 0 aromatic heterocycles. The molecule has 8 heteroatoms. The molecule has 30 heavy (non-hydrogen) atoms. The second kappa shape index (κ2) is 6.17. The summed E-state index contributed by atoms with van der Waals surface area (Å²) in [5, 5.41) is 0.491. The van der Waals surface area contributed by atoms with Crippen LogP contribution in [-0.2, 0) is 21.2 Å². The third kappa shape index (κ3) is 2.52. The molecule has 3 atom stereocenters. The first-order chi connectivity index (χ1) is 14.2. The second-order valence-corrected chi connectivity index (χ2v) is 8.07. The molecule has 0 saturated heterocycles. The van der Waals surface area contributed by atoms with Gasteiger partial charge in [0, 0.05) is 5.41 Å². The minimum absolute atomic E-state index is 0.0231. The summed E-state index contributed by atoms with van der Waals surface area (Å²) in [4.78, 5) is 43.1. The van der Waals surface area contributed by atoms with Crippen LogP contribution in [0, 0.1) is 11.8 Å². The van der Waals surface area contributed by atoms with Gasteiger partial charge in [-0.05, 0) is 55.0 Å². The van der Waals surface area contributed by atoms with Crippen molar-refractivity contribution in [2.45, 2.75) is 30.9 Å². The smallest absolute Gasteiger partial charge is 0.329 e. The summed E-state index contributed by atoms with van der Waals surface area (Å²) in [6.07, 6.45) is -2.38. The van der Waals surface area contributed by atoms with E-state index in [0.717, 1.165) is 18.6 Å². The standard InChI is InChI=1S/C22H16F3NO4/c23-22(24,25)14-7-5-13(6-8-14)21-10-9-12(11-21)17(21)20(29)30-26-18(27)15-3-1-2-4-16(15)19(26)28/h1-8,12,17H,9-11H2/t12-,17+,21+/m0/s1. The normalized spacial score (nSPS) is 27.1. The van der Waals surface area contributed by atoms with Gasteiger partial charge in [-0.25, -0.2) is 4.79 Å². The number of hydrogen-bond donors (Lipinski definition) is 0. The van der Waals surface area contributed by atoms with Crippen LogP contribution in [0.4, 0.5) is 13.2 Å². The van der Waals surface area contributed by atoms with E-state index in [1.807, 2.05) is 0 Å². The van der Waals surface area contributed by atoms with Crippen molar-refractivity contribution in [2.24, 2.45) is 11.8 Å². The number of imide groups is 1. The number of carbonyl (C=O) groups is 3. The molecule has 4 aliphatic rings. The lowest BCUT2D eigenvalue weighted by atomic mass is 9.57. The van der Waals surface area contributed by atoms with Gasteiger partial charge in [0.2, 0.25) is 0 Å². The summed E-state index contributed by atoms with van der Waals surface area (Å²) in [6.45, 7) is 0. The lowest BCUT2D eigenvalue weighted by Gasteiger charge is -2.46. The minimum atomic E-state index is -4.43. The Balaban J connectivity index is 1.38. The van der Waals surface area contributed by atoms with Crippen molar-refractivity contribution in [2.75, 3.05) is 0 Å². The second-order valence-electron chi connectivity index (χ2n) is 8.07. The first-order valence-corrected chi connectivity index (χ1v) is 9.60. The molecule has 0 unspecified atom stereocenters. The maximum absolute atomic E-state index is 12.9. The molecule has 154 valence electrons. The Bertz CT molecular complexity index is 1040. The van der Waals surface area contributed by atoms with Gasteiger partial charge in [-0.1, -0.05) is 29.3 Å². The topological polar surface area (TPSA) is 63.7 Å². The van der Waals surface area contributed by atoms with Crippen molar-refractivity contribution in [3.05, 3.63) is 70.8 Å². The fraction of sp³-hybridized carbons (Fsp3) is 0.318. The third-order valence-electron chi connectivity index (χ3n) is 6.63. The first kappa shape index (κ1) is 18.8. The van der Waals surface area contributed by atoms with Gasteiger partial charge in [0.1, 0.15) is 0 Å². The maximum atomic E-state index is 12.9. The van der Waals surface area contributed by atoms with Gasteiger partial charge in [-0.2, -0.15) is 13.2 Å². The van der Waals surface area contributed by atoms with Crippen LogP contribution in [0.25, 0.3) is 0 Å². The zero-order valence-corrected chi connectivity index (χ0v) is 15.6. The SMILES string of the molecule is O=C(ON1C(=O)c2ccccc2C1=O)[C@H]1[C@H]2CC[C@]1(c1ccc(C(F)(F)F)cc1)C2. The molecular formula is C22H16F3NO4. The Morgan fingerprint density at radius 3 is 2.13 bits per heavy atom. The van der Waals surface area contributed by atoms with E-state index in [4.69, 9.17) is 4.84 Å². The van der Waals surface area contributed by atoms with Crippen LogP contribution in [0.1, 0.15) is 51.1 Å². The van der Waals surface area contributed by atoms with Crippen LogP contribution in [0.5, 0.6) is 0 Å². The Morgan fingerprint density at radius 2 is 1.60 bits per heavy atom. The fourth-order valence-corrected chi connectivity index (χ4v) is 5.22. The van der Waals surface area contributed by atoms with E-state index in [-0.39, 0.29) is 17.0 Å². The molecule has 2 aromatic rings. The van der Waals surface area contributed by atoms with Crippen LogP contribution in [0.3, 0.4) is 0 Å². The quantitative estimate of drug-likeness (QED) is 0.708. The van der Waals surface area contributed by atoms with E-state index in [1.165, 1.54) is 24.3 Å². The summed E-state index contributed by atoms with van der Waals surface area (Å²) >= 11 is 0. The van der Waals surface area contributed by atoms with Crippen LogP contribution >= 0.6 is 0 Å². The highest BCUT2D eigenvalue weighted by Crippen LogP contribution is 2.64. The zero-order chi connectivity index (χ0) is 21.3. The molecule has 6 rings (SSSR count). The average Bonchev–Trinajstić information content (AvgIpc) is 3.37. The molecule has 2 bridgehead atoms. The number of hydroxylamine groups is 2. The highest BCUT2D eigenvalue weighted by Gasteiger charge is 2.64. The molecule has 0 N–H and O–H groups in total. The minimum Gasteiger partial charge on any atom is -0.329 e. The molecule has 3 aliphatic carbocycles. The number of fused-ring (bicyclic) bond motifs is 2. The van der Waals surface area contributed by atoms with Gasteiger partial charge < -0.3 is 4.84 Å². The Kier molecular flexibility index (Phi) is 3.87. The van der Waals surface area contributed by atoms with Gasteiger partial charge >= 0.3 is 12.1 Å². The van der Waals surface area contributed by atoms with Crippen molar-refractivity contribution in [1.82, 2.24) is 5.06 Å². The Morgan fingerprint density at radius 1 is 1.00 bits per heavy atom. The Hall–Kier alpha value is -3.16. The molecule has 1 heterocycles. The lowest BCUT2D eigenvalue weighted by molar-refractivity contribution is -0.182. The third-order valence-corrected chi connectivity index (χ3v) is 6.63. The number of amides is 2. The van der Waals surface area contributed by atoms with Gasteiger partial charge in [0.15, 0.2) is 0 Å². The van der Waals surface area contributed by atoms with E-state index in [1.54, 1.807) is 12.1 Å². The number of alkyl halides is 3. The van der Waals surface area contributed by atoms with E-state index in [2.05, 4.69) is 0 Å². The number of carbonyl (C=O) groups excluding carboxylic acids is 3. The zero-order valence-electron chi connectivity index (χ0n) is 15.6. The molecule has 2 amide bonds. The predicted molar refractivity (Wildman–Crippen MR) is 97.0 cm³/mol. The van der Waals surface area contributed by atoms with E-state index >= 15 is 0 Å². The van der Waals surface area contributed by atoms with E-state index in [9.17, 15) is 27.6 Å². The van der Waals surface area contributed by atoms with Crippen molar-refractivity contribution < 1.29 is 32.4 Å². The fourth-order valence-electron chi connectivity index (χ4n) is 5.22. The molecule has 5 nitrogen and oxygen atoms in total. The molecule has 2 aromatic carbocycles. The largest absolute Gasteiger partial charge is 0.416 e. The number of halogens is 3. The highest BCUT2D eigenvalue weighted by atomic mass is 19.4. The first-order valence-electron chi connectivity index (χ1n) is 9.60. The number of benzene rings is 2. The molecule has 1 aliphatic heterocycles. The summed E-state index contributed by atoms with van der Waals surface area (Å²) in [5.41, 5.74) is -0.381. The maximum Gasteiger partial charge on any atom is 0.416 e. The predicted octanol–water partition coefficient (Wildman–Crippen LogP) is 4.13. The van der Waals surface area contributed by atoms with Crippen molar-refractivity contribution in [3.8, 4) is 0 Å². The van der Waals surface area contributed by atoms with Crippen molar-refractivity contribution >= 4 is 17.8 Å². The number of rotatable bonds is 3. The van der Waals surface area contributed by atoms with Crippen LogP contribution in [0.2, 0.25) is 0 Å². The van der Waals surface area contributed by atoms with E-state index < -0.39 is 40.9 Å². The van der Waals surface area contributed by atoms with Crippen molar-refractivity contribution in [1.29, 1.82) is 0 Å². The molecule has 3 saturated carbocycles. The van der Waals surface area contributed by atoms with Crippen LogP contribution in [0.15, 0.2) is 48.5 Å². The highest BCUT2D eigenvalue weighted by molar-refractivity contribution is 6.20. The molecular weight excluding hydrogens is 399 g/mol.